The fraction of sp³-hybridized carbons (Fsp3) is 0.818. The third-order valence-electron chi connectivity index (χ3n) is 3.06. The number of amides is 2. The number of nitrogens with zero attached hydrogens (tertiary/aromatic N) is 1. The Balaban J connectivity index is 2.38. The number of likely N-dealkylation sites (tertiary alicyclic amines) is 1. The maximum absolute atomic E-state index is 11.8. The number of carbonyl (C=O) groups excluding carboxylic acids is 1. The first-order valence-corrected chi connectivity index (χ1v) is 5.97. The lowest BCUT2D eigenvalue weighted by molar-refractivity contribution is -0.148. The van der Waals surface area contributed by atoms with Gasteiger partial charge in [-0.25, -0.2) is 9.59 Å². The van der Waals surface area contributed by atoms with Crippen LogP contribution in [0.3, 0.4) is 0 Å². The zero-order valence-corrected chi connectivity index (χ0v) is 10.5. The van der Waals surface area contributed by atoms with Gasteiger partial charge in [0, 0.05) is 26.8 Å². The molecule has 2 unspecified atom stereocenters. The number of urea groups is 1. The van der Waals surface area contributed by atoms with Crippen molar-refractivity contribution >= 4 is 12.0 Å². The summed E-state index contributed by atoms with van der Waals surface area (Å²) in [5.74, 6) is -0.994. The van der Waals surface area contributed by atoms with Crippen molar-refractivity contribution < 1.29 is 24.5 Å². The highest BCUT2D eigenvalue weighted by molar-refractivity contribution is 5.77. The Kier molecular flexibility index (Phi) is 5.87. The molecule has 7 nitrogen and oxygen atoms in total. The Labute approximate surface area is 106 Å². The van der Waals surface area contributed by atoms with Gasteiger partial charge in [-0.2, -0.15) is 0 Å². The van der Waals surface area contributed by atoms with Gasteiger partial charge in [0.25, 0.3) is 0 Å². The van der Waals surface area contributed by atoms with Crippen LogP contribution in [0.15, 0.2) is 0 Å². The summed E-state index contributed by atoms with van der Waals surface area (Å²) in [7, 11) is 1.29. The summed E-state index contributed by atoms with van der Waals surface area (Å²) >= 11 is 0. The number of hydrogen-bond acceptors (Lipinski definition) is 4. The highest BCUT2D eigenvalue weighted by atomic mass is 16.5. The monoisotopic (exact) mass is 260 g/mol. The normalized spacial score (nSPS) is 21.4. The summed E-state index contributed by atoms with van der Waals surface area (Å²) < 4.78 is 4.72. The van der Waals surface area contributed by atoms with Crippen LogP contribution in [0.25, 0.3) is 0 Å². The highest BCUT2D eigenvalue weighted by Crippen LogP contribution is 2.15. The Bertz CT molecular complexity index is 297. The van der Waals surface area contributed by atoms with E-state index in [1.165, 1.54) is 7.11 Å². The molecule has 2 atom stereocenters. The molecule has 0 radical (unpaired) electrons. The van der Waals surface area contributed by atoms with Crippen molar-refractivity contribution in [3.05, 3.63) is 0 Å². The van der Waals surface area contributed by atoms with Crippen molar-refractivity contribution in [2.75, 3.05) is 33.4 Å². The molecule has 3 N–H and O–H groups in total. The third-order valence-corrected chi connectivity index (χ3v) is 3.06. The van der Waals surface area contributed by atoms with Gasteiger partial charge in [-0.05, 0) is 18.8 Å². The van der Waals surface area contributed by atoms with Crippen molar-refractivity contribution in [1.82, 2.24) is 10.2 Å². The molecule has 1 heterocycles. The molecule has 0 aromatic heterocycles. The number of aliphatic carboxylic acids is 1. The van der Waals surface area contributed by atoms with Gasteiger partial charge in [-0.1, -0.05) is 0 Å². The molecule has 0 bridgehead atoms. The first kappa shape index (κ1) is 14.7. The zero-order valence-electron chi connectivity index (χ0n) is 10.5. The summed E-state index contributed by atoms with van der Waals surface area (Å²) in [4.78, 5) is 24.1. The Morgan fingerprint density at radius 1 is 1.56 bits per heavy atom. The maximum Gasteiger partial charge on any atom is 0.334 e. The molecule has 0 aromatic rings. The number of carboxylic acids is 1. The van der Waals surface area contributed by atoms with E-state index in [0.717, 1.165) is 12.8 Å². The minimum absolute atomic E-state index is 0.0645. The lowest BCUT2D eigenvalue weighted by atomic mass is 9.99. The van der Waals surface area contributed by atoms with E-state index in [9.17, 15) is 9.59 Å². The molecule has 7 heteroatoms. The number of nitrogens with one attached hydrogen (secondary N) is 1. The van der Waals surface area contributed by atoms with Crippen LogP contribution >= 0.6 is 0 Å². The van der Waals surface area contributed by atoms with E-state index in [-0.39, 0.29) is 25.1 Å². The molecule has 0 aliphatic carbocycles. The van der Waals surface area contributed by atoms with Crippen LogP contribution in [0.2, 0.25) is 0 Å². The first-order chi connectivity index (χ1) is 8.58. The largest absolute Gasteiger partial charge is 0.479 e. The van der Waals surface area contributed by atoms with Gasteiger partial charge in [-0.15, -0.1) is 0 Å². The number of rotatable bonds is 5. The van der Waals surface area contributed by atoms with E-state index >= 15 is 0 Å². The van der Waals surface area contributed by atoms with E-state index in [4.69, 9.17) is 14.9 Å². The molecule has 18 heavy (non-hydrogen) atoms. The fourth-order valence-electron chi connectivity index (χ4n) is 1.96. The number of hydrogen-bond donors (Lipinski definition) is 3. The third kappa shape index (κ3) is 4.15. The summed E-state index contributed by atoms with van der Waals surface area (Å²) in [5, 5.41) is 20.3. The standard InChI is InChI=1S/C11H20N2O5/c1-18-9(10(15)16)5-12-11(17)13-4-2-3-8(6-13)7-14/h8-9,14H,2-7H2,1H3,(H,12,17)(H,15,16). The average molecular weight is 260 g/mol. The minimum Gasteiger partial charge on any atom is -0.479 e. The van der Waals surface area contributed by atoms with Crippen LogP contribution < -0.4 is 5.32 Å². The highest BCUT2D eigenvalue weighted by Gasteiger charge is 2.24. The molecular formula is C11H20N2O5. The van der Waals surface area contributed by atoms with Crippen molar-refractivity contribution in [2.45, 2.75) is 18.9 Å². The van der Waals surface area contributed by atoms with Crippen LogP contribution in [0, 0.1) is 5.92 Å². The number of piperidine rings is 1. The summed E-state index contributed by atoms with van der Waals surface area (Å²) in [6.45, 7) is 1.14. The quantitative estimate of drug-likeness (QED) is 0.619. The van der Waals surface area contributed by atoms with E-state index in [1.807, 2.05) is 0 Å². The predicted octanol–water partition coefficient (Wildman–Crippen LogP) is -0.500. The minimum atomic E-state index is -1.11. The first-order valence-electron chi connectivity index (χ1n) is 5.97. The second kappa shape index (κ2) is 7.17. The van der Waals surface area contributed by atoms with Crippen LogP contribution in [-0.4, -0.2) is 66.6 Å². The van der Waals surface area contributed by atoms with E-state index in [2.05, 4.69) is 5.32 Å². The van der Waals surface area contributed by atoms with Gasteiger partial charge in [0.1, 0.15) is 0 Å². The van der Waals surface area contributed by atoms with Crippen LogP contribution in [0.5, 0.6) is 0 Å². The summed E-state index contributed by atoms with van der Waals surface area (Å²) in [6.07, 6.45) is 0.730. The summed E-state index contributed by atoms with van der Waals surface area (Å²) in [5.41, 5.74) is 0. The van der Waals surface area contributed by atoms with Crippen LogP contribution in [0.1, 0.15) is 12.8 Å². The van der Waals surface area contributed by atoms with Gasteiger partial charge < -0.3 is 25.2 Å². The second-order valence-corrected chi connectivity index (χ2v) is 4.39. The zero-order chi connectivity index (χ0) is 13.5. The van der Waals surface area contributed by atoms with Crippen molar-refractivity contribution in [3.8, 4) is 0 Å². The molecule has 0 spiro atoms. The van der Waals surface area contributed by atoms with Gasteiger partial charge in [-0.3, -0.25) is 0 Å². The molecule has 1 fully saturated rings. The number of aliphatic hydroxyl groups is 1. The van der Waals surface area contributed by atoms with Crippen LogP contribution in [0.4, 0.5) is 4.79 Å². The smallest absolute Gasteiger partial charge is 0.334 e. The van der Waals surface area contributed by atoms with E-state index in [1.54, 1.807) is 4.90 Å². The second-order valence-electron chi connectivity index (χ2n) is 4.39. The molecule has 1 aliphatic rings. The fourth-order valence-corrected chi connectivity index (χ4v) is 1.96. The Hall–Kier alpha value is -1.34. The Morgan fingerprint density at radius 2 is 2.28 bits per heavy atom. The maximum atomic E-state index is 11.8. The molecule has 104 valence electrons. The number of aliphatic hydroxyl groups excluding tert-OH is 1. The molecule has 0 aromatic carbocycles. The number of ether oxygens (including phenoxy) is 1. The van der Waals surface area contributed by atoms with Gasteiger partial charge in [0.2, 0.25) is 0 Å². The lowest BCUT2D eigenvalue weighted by Crippen LogP contribution is -2.48. The molecular weight excluding hydrogens is 240 g/mol. The van der Waals surface area contributed by atoms with E-state index < -0.39 is 12.1 Å². The van der Waals surface area contributed by atoms with Gasteiger partial charge >= 0.3 is 12.0 Å². The number of carbonyl (C=O) groups is 2. The molecule has 2 amide bonds. The van der Waals surface area contributed by atoms with Crippen LogP contribution in [-0.2, 0) is 9.53 Å². The number of methoxy groups -OCH3 is 1. The predicted molar refractivity (Wildman–Crippen MR) is 63.2 cm³/mol. The Morgan fingerprint density at radius 3 is 2.83 bits per heavy atom. The molecule has 1 saturated heterocycles. The lowest BCUT2D eigenvalue weighted by Gasteiger charge is -2.32. The SMILES string of the molecule is COC(CNC(=O)N1CCCC(CO)C1)C(=O)O. The van der Waals surface area contributed by atoms with Crippen molar-refractivity contribution in [2.24, 2.45) is 5.92 Å². The average Bonchev–Trinajstić information content (AvgIpc) is 2.38. The van der Waals surface area contributed by atoms with Gasteiger partial charge in [0.15, 0.2) is 6.10 Å². The van der Waals surface area contributed by atoms with Crippen molar-refractivity contribution in [3.63, 3.8) is 0 Å². The topological polar surface area (TPSA) is 99.1 Å². The summed E-state index contributed by atoms with van der Waals surface area (Å²) in [6, 6.07) is -0.309. The molecule has 0 saturated carbocycles. The van der Waals surface area contributed by atoms with Gasteiger partial charge in [0.05, 0.1) is 6.54 Å². The van der Waals surface area contributed by atoms with Crippen molar-refractivity contribution in [1.29, 1.82) is 0 Å². The molecule has 1 rings (SSSR count). The van der Waals surface area contributed by atoms with E-state index in [0.29, 0.717) is 13.1 Å². The number of carboxylic acid groups (broad SMARTS) is 1. The molecule has 1 aliphatic heterocycles.